The summed E-state index contributed by atoms with van der Waals surface area (Å²) in [5.41, 5.74) is 0. The molecule has 2 atom stereocenters. The fourth-order valence-electron chi connectivity index (χ4n) is 2.31. The zero-order valence-corrected chi connectivity index (χ0v) is 10.6. The van der Waals surface area contributed by atoms with Crippen LogP contribution in [0.2, 0.25) is 0 Å². The van der Waals surface area contributed by atoms with Crippen molar-refractivity contribution in [2.24, 2.45) is 5.92 Å². The lowest BCUT2D eigenvalue weighted by Crippen LogP contribution is -2.34. The molecule has 2 aliphatic rings. The molecule has 0 spiro atoms. The Morgan fingerprint density at radius 3 is 2.64 bits per heavy atom. The largest absolute Gasteiger partial charge is 0.311 e. The highest BCUT2D eigenvalue weighted by molar-refractivity contribution is 7.99. The number of thioether (sulfide) groups is 1. The second-order valence-corrected chi connectivity index (χ2v) is 5.67. The van der Waals surface area contributed by atoms with E-state index in [1.54, 1.807) is 0 Å². The van der Waals surface area contributed by atoms with Crippen LogP contribution in [0.15, 0.2) is 0 Å². The van der Waals surface area contributed by atoms with Gasteiger partial charge < -0.3 is 5.32 Å². The van der Waals surface area contributed by atoms with E-state index in [1.165, 1.54) is 43.6 Å². The van der Waals surface area contributed by atoms with E-state index in [2.05, 4.69) is 24.0 Å². The van der Waals surface area contributed by atoms with Gasteiger partial charge in [0.2, 0.25) is 0 Å². The summed E-state index contributed by atoms with van der Waals surface area (Å²) in [7, 11) is 0. The summed E-state index contributed by atoms with van der Waals surface area (Å²) in [6.45, 7) is 2.30. The minimum atomic E-state index is 0. The van der Waals surface area contributed by atoms with Gasteiger partial charge in [0.15, 0.2) is 0 Å². The Morgan fingerprint density at radius 1 is 1.29 bits per heavy atom. The topological polar surface area (TPSA) is 12.0 Å². The van der Waals surface area contributed by atoms with Crippen LogP contribution in [-0.2, 0) is 0 Å². The van der Waals surface area contributed by atoms with Crippen molar-refractivity contribution in [2.45, 2.75) is 51.1 Å². The molecule has 1 nitrogen and oxygen atoms in total. The molecule has 0 bridgehead atoms. The van der Waals surface area contributed by atoms with Crippen LogP contribution in [0.1, 0.15) is 39.0 Å². The maximum Gasteiger partial charge on any atom is 0.0102 e. The highest BCUT2D eigenvalue weighted by atomic mass is 35.5. The zero-order chi connectivity index (χ0) is 9.10. The molecular weight excluding hydrogens is 214 g/mol. The first kappa shape index (κ1) is 12.7. The molecular formula is C11H22ClNS. The van der Waals surface area contributed by atoms with Gasteiger partial charge in [0.05, 0.1) is 0 Å². The average molecular weight is 236 g/mol. The molecule has 14 heavy (non-hydrogen) atoms. The molecule has 0 amide bonds. The first-order valence-corrected chi connectivity index (χ1v) is 6.89. The fraction of sp³-hybridized carbons (Fsp3) is 1.00. The number of halogens is 1. The summed E-state index contributed by atoms with van der Waals surface area (Å²) in [4.78, 5) is 0. The Morgan fingerprint density at radius 2 is 2.00 bits per heavy atom. The van der Waals surface area contributed by atoms with Crippen molar-refractivity contribution in [2.75, 3.05) is 11.5 Å². The van der Waals surface area contributed by atoms with Crippen molar-refractivity contribution in [3.8, 4) is 0 Å². The molecule has 0 aromatic heterocycles. The van der Waals surface area contributed by atoms with Crippen LogP contribution in [0, 0.1) is 5.92 Å². The lowest BCUT2D eigenvalue weighted by molar-refractivity contribution is 0.460. The van der Waals surface area contributed by atoms with Gasteiger partial charge in [-0.2, -0.15) is 11.8 Å². The summed E-state index contributed by atoms with van der Waals surface area (Å²) in [5.74, 6) is 3.78. The first-order chi connectivity index (χ1) is 6.40. The van der Waals surface area contributed by atoms with Crippen LogP contribution < -0.4 is 5.32 Å². The van der Waals surface area contributed by atoms with E-state index in [4.69, 9.17) is 0 Å². The van der Waals surface area contributed by atoms with Crippen LogP contribution in [-0.4, -0.2) is 23.6 Å². The molecule has 0 radical (unpaired) electrons. The van der Waals surface area contributed by atoms with Crippen molar-refractivity contribution in [3.63, 3.8) is 0 Å². The molecule has 84 valence electrons. The molecule has 2 fully saturated rings. The molecule has 1 N–H and O–H groups in total. The van der Waals surface area contributed by atoms with Gasteiger partial charge in [-0.15, -0.1) is 12.4 Å². The Balaban J connectivity index is 0.000000980. The second kappa shape index (κ2) is 6.24. The van der Waals surface area contributed by atoms with E-state index in [1.807, 2.05) is 0 Å². The van der Waals surface area contributed by atoms with Crippen LogP contribution in [0.25, 0.3) is 0 Å². The van der Waals surface area contributed by atoms with E-state index >= 15 is 0 Å². The Bertz CT molecular complexity index is 159. The van der Waals surface area contributed by atoms with Gasteiger partial charge in [0.25, 0.3) is 0 Å². The molecule has 1 heterocycles. The maximum atomic E-state index is 3.81. The normalized spacial score (nSPS) is 32.4. The molecule has 1 aliphatic heterocycles. The van der Waals surface area contributed by atoms with Crippen molar-refractivity contribution >= 4 is 24.2 Å². The molecule has 3 heteroatoms. The Kier molecular flexibility index (Phi) is 5.65. The highest BCUT2D eigenvalue weighted by Crippen LogP contribution is 2.35. The quantitative estimate of drug-likeness (QED) is 0.804. The fourth-order valence-corrected chi connectivity index (χ4v) is 3.42. The lowest BCUT2D eigenvalue weighted by atomic mass is 10.1. The van der Waals surface area contributed by atoms with E-state index in [-0.39, 0.29) is 12.4 Å². The smallest absolute Gasteiger partial charge is 0.0102 e. The minimum absolute atomic E-state index is 0. The van der Waals surface area contributed by atoms with E-state index < -0.39 is 0 Å². The highest BCUT2D eigenvalue weighted by Gasteiger charge is 2.37. The minimum Gasteiger partial charge on any atom is -0.311 e. The average Bonchev–Trinajstić information content (AvgIpc) is 2.86. The summed E-state index contributed by atoms with van der Waals surface area (Å²) in [6.07, 6.45) is 7.07. The summed E-state index contributed by atoms with van der Waals surface area (Å²) < 4.78 is 0. The second-order valence-electron chi connectivity index (χ2n) is 4.44. The van der Waals surface area contributed by atoms with Gasteiger partial charge in [-0.3, -0.25) is 0 Å². The number of hydrogen-bond acceptors (Lipinski definition) is 2. The summed E-state index contributed by atoms with van der Waals surface area (Å²) >= 11 is 2.12. The lowest BCUT2D eigenvalue weighted by Gasteiger charge is -2.22. The molecule has 1 aliphatic carbocycles. The van der Waals surface area contributed by atoms with Gasteiger partial charge in [0.1, 0.15) is 0 Å². The predicted molar refractivity (Wildman–Crippen MR) is 67.5 cm³/mol. The number of rotatable bonds is 4. The van der Waals surface area contributed by atoms with Crippen LogP contribution in [0.3, 0.4) is 0 Å². The predicted octanol–water partition coefficient (Wildman–Crippen LogP) is 3.08. The molecule has 0 aromatic rings. The first-order valence-electron chi connectivity index (χ1n) is 5.74. The summed E-state index contributed by atoms with van der Waals surface area (Å²) in [6, 6.07) is 1.75. The van der Waals surface area contributed by atoms with Crippen molar-refractivity contribution in [1.82, 2.24) is 5.32 Å². The van der Waals surface area contributed by atoms with Crippen molar-refractivity contribution in [3.05, 3.63) is 0 Å². The van der Waals surface area contributed by atoms with Crippen molar-refractivity contribution in [1.29, 1.82) is 0 Å². The van der Waals surface area contributed by atoms with E-state index in [0.717, 1.165) is 18.0 Å². The molecule has 0 aromatic carbocycles. The SMILES string of the molecule is CCCC1CC1NC1CCSCC1.Cl. The van der Waals surface area contributed by atoms with Gasteiger partial charge in [0, 0.05) is 12.1 Å². The van der Waals surface area contributed by atoms with Crippen molar-refractivity contribution < 1.29 is 0 Å². The zero-order valence-electron chi connectivity index (χ0n) is 9.00. The number of nitrogens with one attached hydrogen (secondary N) is 1. The number of hydrogen-bond donors (Lipinski definition) is 1. The van der Waals surface area contributed by atoms with Gasteiger partial charge >= 0.3 is 0 Å². The standard InChI is InChI=1S/C11H21NS.ClH/c1-2-3-9-8-11(9)12-10-4-6-13-7-5-10;/h9-12H,2-8H2,1H3;1H. The van der Waals surface area contributed by atoms with Crippen LogP contribution in [0.5, 0.6) is 0 Å². The van der Waals surface area contributed by atoms with Gasteiger partial charge in [-0.25, -0.2) is 0 Å². The maximum absolute atomic E-state index is 3.81. The summed E-state index contributed by atoms with van der Waals surface area (Å²) in [5, 5.41) is 3.81. The van der Waals surface area contributed by atoms with Gasteiger partial charge in [-0.1, -0.05) is 13.3 Å². The Labute approximate surface area is 98.2 Å². The third-order valence-corrected chi connectivity index (χ3v) is 4.30. The molecule has 1 saturated carbocycles. The van der Waals surface area contributed by atoms with Crippen LogP contribution >= 0.6 is 24.2 Å². The molecule has 2 unspecified atom stereocenters. The monoisotopic (exact) mass is 235 g/mol. The van der Waals surface area contributed by atoms with Crippen LogP contribution in [0.4, 0.5) is 0 Å². The van der Waals surface area contributed by atoms with E-state index in [0.29, 0.717) is 0 Å². The third kappa shape index (κ3) is 3.63. The molecule has 1 saturated heterocycles. The Hall–Kier alpha value is 0.600. The van der Waals surface area contributed by atoms with Gasteiger partial charge in [-0.05, 0) is 43.1 Å². The van der Waals surface area contributed by atoms with E-state index in [9.17, 15) is 0 Å². The third-order valence-electron chi connectivity index (χ3n) is 3.25. The molecule has 2 rings (SSSR count).